The van der Waals surface area contributed by atoms with E-state index < -0.39 is 0 Å². The number of aromatic nitrogens is 1. The van der Waals surface area contributed by atoms with Crippen molar-refractivity contribution in [1.82, 2.24) is 5.16 Å². The number of anilines is 1. The molecule has 0 saturated heterocycles. The Morgan fingerprint density at radius 2 is 1.59 bits per heavy atom. The van der Waals surface area contributed by atoms with Gasteiger partial charge in [0.1, 0.15) is 6.04 Å². The van der Waals surface area contributed by atoms with Crippen molar-refractivity contribution >= 4 is 11.8 Å². The summed E-state index contributed by atoms with van der Waals surface area (Å²) in [5.41, 5.74) is 3.01. The number of carbonyl (C=O) groups is 1. The summed E-state index contributed by atoms with van der Waals surface area (Å²) in [6.07, 6.45) is 0. The number of rotatable bonds is 6. The number of nitrogens with two attached hydrogens (primary N) is 1. The zero-order chi connectivity index (χ0) is 19.3. The fraction of sp³-hybridized carbons (Fsp3) is 0.273. The van der Waals surface area contributed by atoms with Gasteiger partial charge in [0.2, 0.25) is 5.88 Å². The van der Waals surface area contributed by atoms with Crippen LogP contribution < -0.4 is 10.6 Å². The lowest BCUT2D eigenvalue weighted by atomic mass is 9.92. The number of nitrogens with one attached hydrogen (secondary N) is 1. The molecule has 5 heteroatoms. The van der Waals surface area contributed by atoms with Gasteiger partial charge in [-0.1, -0.05) is 86.6 Å². The first-order chi connectivity index (χ1) is 12.9. The predicted molar refractivity (Wildman–Crippen MR) is 105 cm³/mol. The van der Waals surface area contributed by atoms with Gasteiger partial charge in [-0.15, -0.1) is 0 Å². The highest BCUT2D eigenvalue weighted by Crippen LogP contribution is 2.23. The van der Waals surface area contributed by atoms with Crippen LogP contribution in [0, 0.1) is 0 Å². The summed E-state index contributed by atoms with van der Waals surface area (Å²) < 4.78 is 5.24. The topological polar surface area (TPSA) is 71.7 Å². The van der Waals surface area contributed by atoms with Crippen LogP contribution >= 0.6 is 0 Å². The van der Waals surface area contributed by atoms with E-state index in [9.17, 15) is 4.79 Å². The van der Waals surface area contributed by atoms with Gasteiger partial charge in [0.05, 0.1) is 5.69 Å². The van der Waals surface area contributed by atoms with Gasteiger partial charge in [0.25, 0.3) is 5.91 Å². The first-order valence-corrected chi connectivity index (χ1v) is 9.14. The maximum Gasteiger partial charge on any atom is 0.281 e. The number of carbonyl (C=O) groups excluding carboxylic acids is 1. The van der Waals surface area contributed by atoms with Crippen LogP contribution in [0.4, 0.5) is 5.88 Å². The van der Waals surface area contributed by atoms with E-state index in [1.165, 1.54) is 0 Å². The second-order valence-electron chi connectivity index (χ2n) is 7.61. The maximum absolute atomic E-state index is 12.4. The second-order valence-corrected chi connectivity index (χ2v) is 7.61. The van der Waals surface area contributed by atoms with Crippen LogP contribution in [0.5, 0.6) is 0 Å². The lowest BCUT2D eigenvalue weighted by molar-refractivity contribution is -0.676. The highest BCUT2D eigenvalue weighted by molar-refractivity contribution is 5.90. The van der Waals surface area contributed by atoms with Crippen molar-refractivity contribution in [3.63, 3.8) is 0 Å². The largest absolute Gasteiger partial charge is 0.338 e. The third-order valence-electron chi connectivity index (χ3n) is 4.40. The smallest absolute Gasteiger partial charge is 0.281 e. The Labute approximate surface area is 159 Å². The summed E-state index contributed by atoms with van der Waals surface area (Å²) >= 11 is 0. The zero-order valence-corrected chi connectivity index (χ0v) is 16.0. The monoisotopic (exact) mass is 364 g/mol. The van der Waals surface area contributed by atoms with Crippen molar-refractivity contribution in [3.8, 4) is 0 Å². The summed E-state index contributed by atoms with van der Waals surface area (Å²) in [6.45, 7) is 6.43. The van der Waals surface area contributed by atoms with Crippen LogP contribution in [-0.2, 0) is 10.2 Å². The van der Waals surface area contributed by atoms with E-state index in [1.807, 2.05) is 41.7 Å². The number of benzene rings is 2. The average molecular weight is 364 g/mol. The Balaban J connectivity index is 1.67. The molecule has 5 nitrogen and oxygen atoms in total. The van der Waals surface area contributed by atoms with Gasteiger partial charge in [0.15, 0.2) is 6.54 Å². The van der Waals surface area contributed by atoms with Crippen LogP contribution in [0.1, 0.15) is 43.6 Å². The highest BCUT2D eigenvalue weighted by Gasteiger charge is 2.21. The molecule has 3 aromatic rings. The standard InChI is InChI=1S/C22H25N3O2/c1-22(2,3)18-14-20(27-25-18)24-19(26)15-23-21(16-10-6-4-7-11-16)17-12-8-5-9-13-17/h4-14,21,23H,15H2,1-3H3,(H,24,26)/p+1. The van der Waals surface area contributed by atoms with Gasteiger partial charge in [-0.25, -0.2) is 0 Å². The maximum atomic E-state index is 12.4. The lowest BCUT2D eigenvalue weighted by Gasteiger charge is -2.16. The van der Waals surface area contributed by atoms with Crippen LogP contribution in [-0.4, -0.2) is 17.6 Å². The molecule has 2 aromatic carbocycles. The van der Waals surface area contributed by atoms with Crippen molar-refractivity contribution in [1.29, 1.82) is 0 Å². The molecule has 0 spiro atoms. The van der Waals surface area contributed by atoms with Gasteiger partial charge in [-0.05, 0) is 0 Å². The molecule has 3 N–H and O–H groups in total. The first kappa shape index (κ1) is 18.9. The molecular weight excluding hydrogens is 338 g/mol. The van der Waals surface area contributed by atoms with Crippen molar-refractivity contribution in [3.05, 3.63) is 83.6 Å². The van der Waals surface area contributed by atoms with Crippen molar-refractivity contribution < 1.29 is 14.6 Å². The van der Waals surface area contributed by atoms with Gasteiger partial charge < -0.3 is 9.84 Å². The molecule has 0 aliphatic rings. The van der Waals surface area contributed by atoms with Crippen molar-refractivity contribution in [2.45, 2.75) is 32.2 Å². The molecule has 1 heterocycles. The minimum atomic E-state index is -0.122. The number of amides is 1. The zero-order valence-electron chi connectivity index (χ0n) is 16.0. The molecule has 0 aliphatic carbocycles. The average Bonchev–Trinajstić information content (AvgIpc) is 3.12. The van der Waals surface area contributed by atoms with Gasteiger partial charge >= 0.3 is 0 Å². The fourth-order valence-corrected chi connectivity index (χ4v) is 2.89. The van der Waals surface area contributed by atoms with Gasteiger partial charge in [-0.2, -0.15) is 0 Å². The van der Waals surface area contributed by atoms with Crippen LogP contribution in [0.2, 0.25) is 0 Å². The Bertz CT molecular complexity index is 828. The second kappa shape index (κ2) is 8.18. The van der Waals surface area contributed by atoms with Crippen molar-refractivity contribution in [2.24, 2.45) is 0 Å². The molecule has 0 atom stereocenters. The minimum Gasteiger partial charge on any atom is -0.338 e. The molecule has 1 aromatic heterocycles. The number of hydrogen-bond acceptors (Lipinski definition) is 3. The van der Waals surface area contributed by atoms with E-state index in [0.717, 1.165) is 16.8 Å². The normalized spacial score (nSPS) is 11.6. The number of nitrogens with zero attached hydrogens (tertiary/aromatic N) is 1. The Hall–Kier alpha value is -2.92. The summed E-state index contributed by atoms with van der Waals surface area (Å²) in [5.74, 6) is 0.262. The summed E-state index contributed by atoms with van der Waals surface area (Å²) in [7, 11) is 0. The molecule has 0 saturated carbocycles. The SMILES string of the molecule is CC(C)(C)c1cc(NC(=O)C[NH2+]C(c2ccccc2)c2ccccc2)on1. The van der Waals surface area contributed by atoms with E-state index >= 15 is 0 Å². The molecular formula is C22H26N3O2+. The molecule has 0 radical (unpaired) electrons. The van der Waals surface area contributed by atoms with E-state index in [1.54, 1.807) is 6.07 Å². The highest BCUT2D eigenvalue weighted by atomic mass is 16.5. The Morgan fingerprint density at radius 3 is 2.07 bits per heavy atom. The Kier molecular flexibility index (Phi) is 5.72. The number of quaternary nitrogens is 1. The fourth-order valence-electron chi connectivity index (χ4n) is 2.89. The van der Waals surface area contributed by atoms with E-state index in [2.05, 4.69) is 55.5 Å². The van der Waals surface area contributed by atoms with Crippen molar-refractivity contribution in [2.75, 3.05) is 11.9 Å². The van der Waals surface area contributed by atoms with Crippen LogP contribution in [0.3, 0.4) is 0 Å². The van der Waals surface area contributed by atoms with Crippen LogP contribution in [0.25, 0.3) is 0 Å². The van der Waals surface area contributed by atoms with E-state index in [-0.39, 0.29) is 23.9 Å². The molecule has 3 rings (SSSR count). The lowest BCUT2D eigenvalue weighted by Crippen LogP contribution is -2.87. The Morgan fingerprint density at radius 1 is 1.04 bits per heavy atom. The third-order valence-corrected chi connectivity index (χ3v) is 4.40. The summed E-state index contributed by atoms with van der Waals surface area (Å²) in [6, 6.07) is 22.2. The predicted octanol–water partition coefficient (Wildman–Crippen LogP) is 3.26. The summed E-state index contributed by atoms with van der Waals surface area (Å²) in [4.78, 5) is 12.4. The molecule has 0 fully saturated rings. The molecule has 1 amide bonds. The first-order valence-electron chi connectivity index (χ1n) is 9.14. The van der Waals surface area contributed by atoms with Gasteiger partial charge in [-0.3, -0.25) is 10.1 Å². The quantitative estimate of drug-likeness (QED) is 0.705. The van der Waals surface area contributed by atoms with Crippen LogP contribution in [0.15, 0.2) is 71.3 Å². The molecule has 0 unspecified atom stereocenters. The van der Waals surface area contributed by atoms with E-state index in [4.69, 9.17) is 4.52 Å². The molecule has 0 bridgehead atoms. The third kappa shape index (κ3) is 5.05. The summed E-state index contributed by atoms with van der Waals surface area (Å²) in [5, 5.41) is 8.85. The molecule has 0 aliphatic heterocycles. The molecule has 27 heavy (non-hydrogen) atoms. The number of hydrogen-bond donors (Lipinski definition) is 2. The molecule has 140 valence electrons. The van der Waals surface area contributed by atoms with Gasteiger partial charge in [0, 0.05) is 22.6 Å². The minimum absolute atomic E-state index is 0.0537. The van der Waals surface area contributed by atoms with E-state index in [0.29, 0.717) is 5.88 Å².